The van der Waals surface area contributed by atoms with Crippen molar-refractivity contribution >= 4 is 17.4 Å². The van der Waals surface area contributed by atoms with Gasteiger partial charge in [0.2, 0.25) is 0 Å². The van der Waals surface area contributed by atoms with Gasteiger partial charge in [-0.1, -0.05) is 16.9 Å². The Morgan fingerprint density at radius 1 is 0.617 bits per heavy atom. The highest BCUT2D eigenvalue weighted by atomic mass is 19.4. The molecule has 0 atom stereocenters. The lowest BCUT2D eigenvalue weighted by atomic mass is 9.87. The molecule has 0 radical (unpaired) electrons. The van der Waals surface area contributed by atoms with Gasteiger partial charge < -0.3 is 34.8 Å². The molecule has 0 saturated heterocycles. The highest BCUT2D eigenvalue weighted by Crippen LogP contribution is 2.65. The van der Waals surface area contributed by atoms with E-state index in [-0.39, 0.29) is 22.8 Å². The summed E-state index contributed by atoms with van der Waals surface area (Å²) in [5.41, 5.74) is 0.623. The van der Waals surface area contributed by atoms with Crippen LogP contribution in [0.3, 0.4) is 0 Å². The zero-order valence-corrected chi connectivity index (χ0v) is 29.4. The highest BCUT2D eigenvalue weighted by molar-refractivity contribution is 6.01. The average Bonchev–Trinajstić information content (AvgIpc) is 3.12. The zero-order chi connectivity index (χ0) is 47.3. The first-order chi connectivity index (χ1) is 26.9. The van der Waals surface area contributed by atoms with E-state index in [1.165, 1.54) is 19.3 Å². The van der Waals surface area contributed by atoms with E-state index in [0.717, 1.165) is 18.2 Å². The molecule has 0 bridgehead atoms. The molecule has 0 aliphatic heterocycles. The van der Waals surface area contributed by atoms with E-state index < -0.39 is 84.9 Å². The van der Waals surface area contributed by atoms with Gasteiger partial charge in [-0.05, 0) is 38.1 Å². The number of rotatable bonds is 17. The molecule has 0 amide bonds. The lowest BCUT2D eigenvalue weighted by molar-refractivity contribution is -0.469. The van der Waals surface area contributed by atoms with Crippen LogP contribution in [0.2, 0.25) is 0 Å². The van der Waals surface area contributed by atoms with E-state index in [4.69, 9.17) is 19.9 Å². The van der Waals surface area contributed by atoms with Crippen molar-refractivity contribution in [2.75, 3.05) is 13.2 Å². The summed E-state index contributed by atoms with van der Waals surface area (Å²) in [6, 6.07) is 7.58. The molecule has 0 saturated carbocycles. The van der Waals surface area contributed by atoms with Gasteiger partial charge in [0.05, 0.1) is 30.7 Å². The minimum Gasteiger partial charge on any atom is -0.507 e. The van der Waals surface area contributed by atoms with Crippen molar-refractivity contribution in [3.8, 4) is 23.0 Å². The number of phenolic OH excluding ortho intramolecular Hbond substituents is 2. The van der Waals surface area contributed by atoms with E-state index in [2.05, 4.69) is 21.6 Å². The van der Waals surface area contributed by atoms with Crippen LogP contribution in [0.4, 0.5) is 83.4 Å². The molecule has 4 N–H and O–H groups in total. The number of aromatic hydroxyl groups is 2. The summed E-state index contributed by atoms with van der Waals surface area (Å²) in [5, 5.41) is 42.2. The minimum absolute atomic E-state index is 0.000324. The number of nitrogens with zero attached hydrogens (tertiary/aromatic N) is 2. The van der Waals surface area contributed by atoms with Crippen LogP contribution in [0.5, 0.6) is 23.0 Å². The predicted molar refractivity (Wildman–Crippen MR) is 162 cm³/mol. The maximum Gasteiger partial charge on any atom is 0.460 e. The van der Waals surface area contributed by atoms with Gasteiger partial charge in [0, 0.05) is 23.3 Å². The van der Waals surface area contributed by atoms with E-state index in [1.807, 2.05) is 0 Å². The number of carbonyl (C=O) groups excluding carboxylic acids is 1. The molecule has 0 unspecified atom stereocenters. The van der Waals surface area contributed by atoms with Crippen molar-refractivity contribution in [2.45, 2.75) is 73.8 Å². The summed E-state index contributed by atoms with van der Waals surface area (Å²) < 4.78 is 266. The number of alkyl halides is 19. The van der Waals surface area contributed by atoms with Crippen molar-refractivity contribution < 1.29 is 123 Å². The standard InChI is InChI=1S/C21H14F19NO5.C10H11NO3/c1-8(41-44)10-3-2-9(6-11(10)42)45-5-4-12(43)46-7-13(22,23)14(24,25)15(26,27)16(28,29)17(30,31)18(32,33)19(34,35)20(36,37)21(38,39)40;1-3-14-8-4-5-9(7(2)11-13)10(12)6-8/h2-3,6,42,44H,4-5,7H2,1H3;3-6,12-13H,1H2,2H3/b41-8-;11-7-. The maximum absolute atomic E-state index is 13.9. The summed E-state index contributed by atoms with van der Waals surface area (Å²) in [7, 11) is 0. The lowest BCUT2D eigenvalue weighted by Crippen LogP contribution is -2.76. The van der Waals surface area contributed by atoms with Gasteiger partial charge in [0.25, 0.3) is 0 Å². The summed E-state index contributed by atoms with van der Waals surface area (Å²) in [4.78, 5) is 11.5. The SMILES string of the molecule is C/C(=N/O)c1ccc(OCCC(=O)OCC(F)(F)C(F)(F)C(F)(F)C(F)(F)C(F)(F)C(F)(F)C(F)(F)C(F)(F)C(F)(F)F)cc1O.C=COc1ccc(/C(C)=N\O)c(O)c1. The number of hydrogen-bond donors (Lipinski definition) is 4. The van der Waals surface area contributed by atoms with Crippen LogP contribution in [-0.4, -0.2) is 105 Å². The normalized spacial score (nSPS) is 14.2. The van der Waals surface area contributed by atoms with E-state index in [0.29, 0.717) is 17.0 Å². The number of oxime groups is 2. The molecule has 0 fully saturated rings. The van der Waals surface area contributed by atoms with Crippen LogP contribution >= 0.6 is 0 Å². The molecule has 2 rings (SSSR count). The van der Waals surface area contributed by atoms with Gasteiger partial charge in [0.1, 0.15) is 23.0 Å². The molecule has 2 aromatic carbocycles. The van der Waals surface area contributed by atoms with Gasteiger partial charge >= 0.3 is 59.5 Å². The smallest absolute Gasteiger partial charge is 0.460 e. The molecule has 0 heterocycles. The van der Waals surface area contributed by atoms with Crippen molar-refractivity contribution in [1.82, 2.24) is 0 Å². The lowest BCUT2D eigenvalue weighted by Gasteiger charge is -2.43. The van der Waals surface area contributed by atoms with Crippen molar-refractivity contribution in [3.05, 3.63) is 60.4 Å². The number of halogens is 19. The molecule has 29 heteroatoms. The topological polar surface area (TPSA) is 150 Å². The summed E-state index contributed by atoms with van der Waals surface area (Å²) in [5.74, 6) is -70.6. The molecular formula is C31H25F19N2O8. The molecule has 60 heavy (non-hydrogen) atoms. The number of benzene rings is 2. The van der Waals surface area contributed by atoms with Crippen molar-refractivity contribution in [2.24, 2.45) is 10.3 Å². The number of phenols is 2. The Labute approximate surface area is 321 Å². The van der Waals surface area contributed by atoms with Crippen LogP contribution < -0.4 is 9.47 Å². The van der Waals surface area contributed by atoms with Crippen LogP contribution in [0.15, 0.2) is 59.6 Å². The molecule has 2 aromatic rings. The third-order valence-electron chi connectivity index (χ3n) is 7.41. The summed E-state index contributed by atoms with van der Waals surface area (Å²) in [6.45, 7) is 1.77. The highest BCUT2D eigenvalue weighted by Gasteiger charge is 2.96. The molecule has 0 aliphatic carbocycles. The van der Waals surface area contributed by atoms with Gasteiger partial charge in [-0.15, -0.1) is 0 Å². The molecule has 340 valence electrons. The Kier molecular flexibility index (Phi) is 15.7. The van der Waals surface area contributed by atoms with Crippen molar-refractivity contribution in [3.63, 3.8) is 0 Å². The molecule has 0 aliphatic rings. The first-order valence-corrected chi connectivity index (χ1v) is 15.1. The van der Waals surface area contributed by atoms with Gasteiger partial charge in [0.15, 0.2) is 6.61 Å². The fourth-order valence-corrected chi connectivity index (χ4v) is 3.98. The molecule has 0 aromatic heterocycles. The average molecular weight is 915 g/mol. The van der Waals surface area contributed by atoms with Crippen LogP contribution in [-0.2, 0) is 9.53 Å². The van der Waals surface area contributed by atoms with Crippen LogP contribution in [0.25, 0.3) is 0 Å². The predicted octanol–water partition coefficient (Wildman–Crippen LogP) is 9.66. The Morgan fingerprint density at radius 3 is 1.35 bits per heavy atom. The van der Waals surface area contributed by atoms with E-state index >= 15 is 0 Å². The summed E-state index contributed by atoms with van der Waals surface area (Å²) >= 11 is 0. The second kappa shape index (κ2) is 18.0. The second-order valence-corrected chi connectivity index (χ2v) is 11.5. The van der Waals surface area contributed by atoms with E-state index in [9.17, 15) is 98.4 Å². The Morgan fingerprint density at radius 2 is 0.983 bits per heavy atom. The number of esters is 1. The third-order valence-corrected chi connectivity index (χ3v) is 7.41. The maximum atomic E-state index is 13.9. The number of ether oxygens (including phenoxy) is 3. The second-order valence-electron chi connectivity index (χ2n) is 11.5. The van der Waals surface area contributed by atoms with Crippen LogP contribution in [0, 0.1) is 0 Å². The third kappa shape index (κ3) is 9.73. The molecule has 0 spiro atoms. The first-order valence-electron chi connectivity index (χ1n) is 15.1. The molecule has 10 nitrogen and oxygen atoms in total. The largest absolute Gasteiger partial charge is 0.507 e. The quantitative estimate of drug-likeness (QED) is 0.0306. The van der Waals surface area contributed by atoms with Gasteiger partial charge in [-0.25, -0.2) is 0 Å². The fraction of sp³-hybridized carbons (Fsp3) is 0.452. The Bertz CT molecular complexity index is 1900. The van der Waals surface area contributed by atoms with Gasteiger partial charge in [-0.3, -0.25) is 4.79 Å². The Balaban J connectivity index is 0.00000108. The first kappa shape index (κ1) is 52.5. The van der Waals surface area contributed by atoms with E-state index in [1.54, 1.807) is 19.1 Å². The number of hydrogen-bond acceptors (Lipinski definition) is 10. The molecular weight excluding hydrogens is 889 g/mol. The van der Waals surface area contributed by atoms with Crippen molar-refractivity contribution in [1.29, 1.82) is 0 Å². The van der Waals surface area contributed by atoms with Crippen LogP contribution in [0.1, 0.15) is 31.4 Å². The number of carbonyl (C=O) groups is 1. The fourth-order valence-electron chi connectivity index (χ4n) is 3.98. The minimum atomic E-state index is -9.05. The van der Waals surface area contributed by atoms with Gasteiger partial charge in [-0.2, -0.15) is 83.4 Å². The Hall–Kier alpha value is -5.54. The zero-order valence-electron chi connectivity index (χ0n) is 29.4. The monoisotopic (exact) mass is 914 g/mol. The summed E-state index contributed by atoms with van der Waals surface area (Å²) in [6.07, 6.45) is -8.00.